The molecule has 0 heterocycles. The molecule has 0 aliphatic heterocycles. The predicted octanol–water partition coefficient (Wildman–Crippen LogP) is 2.50. The number of nitrogens with one attached hydrogen (secondary N) is 1. The minimum atomic E-state index is -3.62. The van der Waals surface area contributed by atoms with Gasteiger partial charge in [0.15, 0.2) is 0 Å². The van der Waals surface area contributed by atoms with E-state index in [1.807, 2.05) is 13.8 Å². The van der Waals surface area contributed by atoms with E-state index in [0.29, 0.717) is 18.7 Å². The Balaban J connectivity index is 2.33. The molecule has 1 saturated carbocycles. The average Bonchev–Trinajstić information content (AvgIpc) is 3.25. The van der Waals surface area contributed by atoms with Crippen LogP contribution in [0.15, 0.2) is 23.1 Å². The molecule has 1 fully saturated rings. The van der Waals surface area contributed by atoms with E-state index < -0.39 is 15.8 Å². The molecule has 1 aromatic rings. The summed E-state index contributed by atoms with van der Waals surface area (Å²) in [5.41, 5.74) is 0.629. The molecular formula is C15H23FN2O2S. The fraction of sp³-hybridized carbons (Fsp3) is 0.600. The molecule has 1 aliphatic rings. The fourth-order valence-corrected chi connectivity index (χ4v) is 4.36. The minimum Gasteiger partial charge on any atom is -0.313 e. The first-order valence-corrected chi connectivity index (χ1v) is 8.95. The molecular weight excluding hydrogens is 291 g/mol. The van der Waals surface area contributed by atoms with E-state index in [1.165, 1.54) is 10.4 Å². The Morgan fingerprint density at radius 2 is 2.05 bits per heavy atom. The second-order valence-corrected chi connectivity index (χ2v) is 7.23. The second kappa shape index (κ2) is 6.85. The Kier molecular flexibility index (Phi) is 5.35. The Bertz CT molecular complexity index is 585. The Morgan fingerprint density at radius 3 is 2.62 bits per heavy atom. The van der Waals surface area contributed by atoms with Crippen LogP contribution in [0.25, 0.3) is 0 Å². The molecule has 4 nitrogen and oxygen atoms in total. The van der Waals surface area contributed by atoms with E-state index in [2.05, 4.69) is 5.32 Å². The predicted molar refractivity (Wildman–Crippen MR) is 81.0 cm³/mol. The highest BCUT2D eigenvalue weighted by Gasteiger charge is 2.37. The fourth-order valence-electron chi connectivity index (χ4n) is 2.43. The first-order chi connectivity index (χ1) is 10.0. The molecule has 6 heteroatoms. The largest absolute Gasteiger partial charge is 0.313 e. The highest BCUT2D eigenvalue weighted by molar-refractivity contribution is 7.89. The first kappa shape index (κ1) is 16.4. The molecule has 0 saturated heterocycles. The van der Waals surface area contributed by atoms with Gasteiger partial charge >= 0.3 is 0 Å². The zero-order valence-corrected chi connectivity index (χ0v) is 13.4. The smallest absolute Gasteiger partial charge is 0.243 e. The van der Waals surface area contributed by atoms with E-state index in [-0.39, 0.29) is 10.9 Å². The lowest BCUT2D eigenvalue weighted by Gasteiger charge is -2.22. The summed E-state index contributed by atoms with van der Waals surface area (Å²) >= 11 is 0. The lowest BCUT2D eigenvalue weighted by atomic mass is 10.2. The van der Waals surface area contributed by atoms with Crippen molar-refractivity contribution in [1.82, 2.24) is 9.62 Å². The Morgan fingerprint density at radius 1 is 1.33 bits per heavy atom. The third kappa shape index (κ3) is 3.81. The molecule has 0 unspecified atom stereocenters. The summed E-state index contributed by atoms with van der Waals surface area (Å²) in [6, 6.07) is 4.10. The van der Waals surface area contributed by atoms with E-state index >= 15 is 0 Å². The van der Waals surface area contributed by atoms with Crippen LogP contribution < -0.4 is 5.32 Å². The number of sulfonamides is 1. The van der Waals surface area contributed by atoms with Crippen molar-refractivity contribution in [3.63, 3.8) is 0 Å². The SMILES string of the molecule is CCCNCc1ccc(F)cc1S(=O)(=O)N(CC)C1CC1. The zero-order valence-electron chi connectivity index (χ0n) is 12.6. The summed E-state index contributed by atoms with van der Waals surface area (Å²) in [6.45, 7) is 5.53. The summed E-state index contributed by atoms with van der Waals surface area (Å²) < 4.78 is 40.6. The summed E-state index contributed by atoms with van der Waals surface area (Å²) in [6.07, 6.45) is 2.75. The third-order valence-corrected chi connectivity index (χ3v) is 5.73. The monoisotopic (exact) mass is 314 g/mol. The summed E-state index contributed by atoms with van der Waals surface area (Å²) in [4.78, 5) is 0.0971. The van der Waals surface area contributed by atoms with Gasteiger partial charge in [-0.25, -0.2) is 12.8 Å². The summed E-state index contributed by atoms with van der Waals surface area (Å²) in [5, 5.41) is 3.18. The van der Waals surface area contributed by atoms with Gasteiger partial charge in [0.1, 0.15) is 5.82 Å². The summed E-state index contributed by atoms with van der Waals surface area (Å²) in [5.74, 6) is -0.514. The number of hydrogen-bond acceptors (Lipinski definition) is 3. The van der Waals surface area contributed by atoms with Gasteiger partial charge in [0.2, 0.25) is 10.0 Å². The van der Waals surface area contributed by atoms with Crippen molar-refractivity contribution < 1.29 is 12.8 Å². The molecule has 0 aromatic heterocycles. The average molecular weight is 314 g/mol. The van der Waals surface area contributed by atoms with Crippen molar-refractivity contribution in [1.29, 1.82) is 0 Å². The zero-order chi connectivity index (χ0) is 15.5. The quantitative estimate of drug-likeness (QED) is 0.750. The van der Waals surface area contributed by atoms with Crippen LogP contribution in [0, 0.1) is 5.82 Å². The number of halogens is 1. The highest BCUT2D eigenvalue weighted by Crippen LogP contribution is 2.33. The van der Waals surface area contributed by atoms with Gasteiger partial charge in [0, 0.05) is 19.1 Å². The lowest BCUT2D eigenvalue weighted by Crippen LogP contribution is -2.34. The number of hydrogen-bond donors (Lipinski definition) is 1. The van der Waals surface area contributed by atoms with Gasteiger partial charge in [0.05, 0.1) is 4.90 Å². The van der Waals surface area contributed by atoms with Gasteiger partial charge in [-0.2, -0.15) is 4.31 Å². The summed E-state index contributed by atoms with van der Waals surface area (Å²) in [7, 11) is -3.62. The first-order valence-electron chi connectivity index (χ1n) is 7.51. The highest BCUT2D eigenvalue weighted by atomic mass is 32.2. The maximum Gasteiger partial charge on any atom is 0.243 e. The minimum absolute atomic E-state index is 0.0831. The molecule has 1 N–H and O–H groups in total. The van der Waals surface area contributed by atoms with Gasteiger partial charge in [-0.3, -0.25) is 0 Å². The van der Waals surface area contributed by atoms with Crippen molar-refractivity contribution >= 4 is 10.0 Å². The Labute approximate surface area is 126 Å². The van der Waals surface area contributed by atoms with Crippen LogP contribution in [-0.4, -0.2) is 31.9 Å². The van der Waals surface area contributed by atoms with Crippen LogP contribution >= 0.6 is 0 Å². The van der Waals surface area contributed by atoms with Crippen LogP contribution in [0.4, 0.5) is 4.39 Å². The number of rotatable bonds is 8. The van der Waals surface area contributed by atoms with Gasteiger partial charge in [-0.15, -0.1) is 0 Å². The Hall–Kier alpha value is -0.980. The molecule has 0 radical (unpaired) electrons. The van der Waals surface area contributed by atoms with Crippen molar-refractivity contribution in [3.8, 4) is 0 Å². The van der Waals surface area contributed by atoms with Gasteiger partial charge in [-0.1, -0.05) is 19.9 Å². The molecule has 0 amide bonds. The molecule has 118 valence electrons. The molecule has 1 aliphatic carbocycles. The van der Waals surface area contributed by atoms with E-state index in [9.17, 15) is 12.8 Å². The number of nitrogens with zero attached hydrogens (tertiary/aromatic N) is 1. The maximum absolute atomic E-state index is 13.5. The van der Waals surface area contributed by atoms with Crippen molar-refractivity contribution in [3.05, 3.63) is 29.6 Å². The lowest BCUT2D eigenvalue weighted by molar-refractivity contribution is 0.419. The van der Waals surface area contributed by atoms with E-state index in [4.69, 9.17) is 0 Å². The van der Waals surface area contributed by atoms with Gasteiger partial charge in [-0.05, 0) is 43.5 Å². The van der Waals surface area contributed by atoms with E-state index in [1.54, 1.807) is 6.07 Å². The van der Waals surface area contributed by atoms with E-state index in [0.717, 1.165) is 31.9 Å². The molecule has 0 bridgehead atoms. The molecule has 0 spiro atoms. The molecule has 21 heavy (non-hydrogen) atoms. The van der Waals surface area contributed by atoms with Crippen LogP contribution in [0.2, 0.25) is 0 Å². The molecule has 2 rings (SSSR count). The standard InChI is InChI=1S/C15H23FN2O2S/c1-3-9-17-11-12-5-6-13(16)10-15(12)21(19,20)18(4-2)14-7-8-14/h5-6,10,14,17H,3-4,7-9,11H2,1-2H3. The van der Waals surface area contributed by atoms with Crippen LogP contribution in [0.5, 0.6) is 0 Å². The maximum atomic E-state index is 13.5. The van der Waals surface area contributed by atoms with Crippen molar-refractivity contribution in [2.45, 2.75) is 50.6 Å². The normalized spacial score (nSPS) is 15.6. The second-order valence-electron chi connectivity index (χ2n) is 5.37. The van der Waals surface area contributed by atoms with Crippen molar-refractivity contribution in [2.24, 2.45) is 0 Å². The van der Waals surface area contributed by atoms with Crippen LogP contribution in [0.3, 0.4) is 0 Å². The van der Waals surface area contributed by atoms with Crippen LogP contribution in [0.1, 0.15) is 38.7 Å². The molecule has 0 atom stereocenters. The topological polar surface area (TPSA) is 49.4 Å². The van der Waals surface area contributed by atoms with Gasteiger partial charge < -0.3 is 5.32 Å². The third-order valence-electron chi connectivity index (χ3n) is 3.62. The van der Waals surface area contributed by atoms with Gasteiger partial charge in [0.25, 0.3) is 0 Å². The van der Waals surface area contributed by atoms with Crippen LogP contribution in [-0.2, 0) is 16.6 Å². The van der Waals surface area contributed by atoms with Crippen molar-refractivity contribution in [2.75, 3.05) is 13.1 Å². The molecule has 1 aromatic carbocycles. The number of benzene rings is 1.